The van der Waals surface area contributed by atoms with Crippen LogP contribution in [0, 0.1) is 19.8 Å². The molecule has 1 N–H and O–H groups in total. The number of nitrogens with zero attached hydrogens (tertiary/aromatic N) is 5. The van der Waals surface area contributed by atoms with E-state index in [-0.39, 0.29) is 5.91 Å². The highest BCUT2D eigenvalue weighted by atomic mass is 16.5. The van der Waals surface area contributed by atoms with Gasteiger partial charge < -0.3 is 14.7 Å². The molecule has 1 atom stereocenters. The number of hydrogen-bond donors (Lipinski definition) is 1. The highest BCUT2D eigenvalue weighted by molar-refractivity contribution is 5.93. The van der Waals surface area contributed by atoms with Crippen molar-refractivity contribution in [3.05, 3.63) is 28.9 Å². The van der Waals surface area contributed by atoms with Gasteiger partial charge in [-0.15, -0.1) is 5.10 Å². The van der Waals surface area contributed by atoms with Gasteiger partial charge in [-0.1, -0.05) is 10.4 Å². The van der Waals surface area contributed by atoms with Crippen LogP contribution in [-0.2, 0) is 6.54 Å². The third kappa shape index (κ3) is 3.64. The van der Waals surface area contributed by atoms with Gasteiger partial charge in [-0.05, 0) is 46.7 Å². The highest BCUT2D eigenvalue weighted by Gasteiger charge is 2.33. The first-order chi connectivity index (χ1) is 11.5. The Morgan fingerprint density at radius 1 is 1.46 bits per heavy atom. The molecule has 130 valence electrons. The Kier molecular flexibility index (Phi) is 4.66. The molecule has 0 saturated heterocycles. The van der Waals surface area contributed by atoms with Gasteiger partial charge in [0.1, 0.15) is 6.54 Å². The lowest BCUT2D eigenvalue weighted by molar-refractivity contribution is 0.0933. The second-order valence-corrected chi connectivity index (χ2v) is 6.69. The molecule has 1 amide bonds. The molecule has 1 aliphatic rings. The summed E-state index contributed by atoms with van der Waals surface area (Å²) in [5.41, 5.74) is 1.89. The smallest absolute Gasteiger partial charge is 0.273 e. The van der Waals surface area contributed by atoms with Crippen LogP contribution >= 0.6 is 0 Å². The number of aryl methyl sites for hydroxylation is 1. The molecule has 2 heterocycles. The predicted molar refractivity (Wildman–Crippen MR) is 87.6 cm³/mol. The van der Waals surface area contributed by atoms with Crippen LogP contribution in [0.5, 0.6) is 0 Å². The number of carbonyl (C=O) groups is 1. The van der Waals surface area contributed by atoms with Gasteiger partial charge in [-0.3, -0.25) is 4.79 Å². The molecule has 3 rings (SSSR count). The van der Waals surface area contributed by atoms with E-state index in [0.717, 1.165) is 11.4 Å². The highest BCUT2D eigenvalue weighted by Crippen LogP contribution is 2.34. The SMILES string of the molecule is Cc1cc(Cn2nnc(C(=O)NCC(C3CC3)N(C)C)c2C)on1. The quantitative estimate of drug-likeness (QED) is 0.814. The maximum atomic E-state index is 12.4. The van der Waals surface area contributed by atoms with Crippen molar-refractivity contribution < 1.29 is 9.32 Å². The number of amides is 1. The molecule has 0 spiro atoms. The van der Waals surface area contributed by atoms with Gasteiger partial charge in [-0.2, -0.15) is 0 Å². The number of carbonyl (C=O) groups excluding carboxylic acids is 1. The Labute approximate surface area is 141 Å². The van der Waals surface area contributed by atoms with E-state index in [1.807, 2.05) is 19.9 Å². The Bertz CT molecular complexity index is 714. The van der Waals surface area contributed by atoms with E-state index < -0.39 is 0 Å². The van der Waals surface area contributed by atoms with Crippen molar-refractivity contribution in [3.8, 4) is 0 Å². The molecule has 1 aliphatic carbocycles. The Morgan fingerprint density at radius 2 is 2.21 bits per heavy atom. The van der Waals surface area contributed by atoms with Crippen molar-refractivity contribution >= 4 is 5.91 Å². The molecule has 1 saturated carbocycles. The Balaban J connectivity index is 1.63. The molecule has 0 aromatic carbocycles. The fraction of sp³-hybridized carbons (Fsp3) is 0.625. The number of rotatable bonds is 7. The van der Waals surface area contributed by atoms with E-state index in [2.05, 4.69) is 39.8 Å². The van der Waals surface area contributed by atoms with Crippen molar-refractivity contribution in [1.82, 2.24) is 30.4 Å². The van der Waals surface area contributed by atoms with E-state index >= 15 is 0 Å². The monoisotopic (exact) mass is 332 g/mol. The standard InChI is InChI=1S/C16H24N6O2/c1-10-7-13(24-19-10)9-22-11(2)15(18-20-22)16(23)17-8-14(21(3)4)12-5-6-12/h7,12,14H,5-6,8-9H2,1-4H3,(H,17,23). The minimum atomic E-state index is -0.181. The Hall–Kier alpha value is -2.22. The fourth-order valence-corrected chi connectivity index (χ4v) is 2.89. The molecule has 8 heteroatoms. The van der Waals surface area contributed by atoms with Crippen LogP contribution in [0.2, 0.25) is 0 Å². The first-order valence-electron chi connectivity index (χ1n) is 8.22. The largest absolute Gasteiger partial charge is 0.359 e. The summed E-state index contributed by atoms with van der Waals surface area (Å²) in [5, 5.41) is 14.9. The molecular weight excluding hydrogens is 308 g/mol. The van der Waals surface area contributed by atoms with Crippen LogP contribution in [0.15, 0.2) is 10.6 Å². The lowest BCUT2D eigenvalue weighted by Gasteiger charge is -2.24. The van der Waals surface area contributed by atoms with E-state index in [9.17, 15) is 4.79 Å². The third-order valence-electron chi connectivity index (χ3n) is 4.48. The van der Waals surface area contributed by atoms with Crippen LogP contribution < -0.4 is 5.32 Å². The first-order valence-corrected chi connectivity index (χ1v) is 8.22. The molecule has 2 aromatic heterocycles. The molecule has 0 radical (unpaired) electrons. The third-order valence-corrected chi connectivity index (χ3v) is 4.48. The van der Waals surface area contributed by atoms with Gasteiger partial charge >= 0.3 is 0 Å². The zero-order valence-corrected chi connectivity index (χ0v) is 14.6. The first kappa shape index (κ1) is 16.6. The fourth-order valence-electron chi connectivity index (χ4n) is 2.89. The maximum Gasteiger partial charge on any atom is 0.273 e. The van der Waals surface area contributed by atoms with E-state index in [1.54, 1.807) is 4.68 Å². The minimum absolute atomic E-state index is 0.181. The van der Waals surface area contributed by atoms with Crippen molar-refractivity contribution in [2.45, 2.75) is 39.3 Å². The molecule has 24 heavy (non-hydrogen) atoms. The van der Waals surface area contributed by atoms with Gasteiger partial charge in [0, 0.05) is 18.7 Å². The molecule has 8 nitrogen and oxygen atoms in total. The summed E-state index contributed by atoms with van der Waals surface area (Å²) in [7, 11) is 4.10. The van der Waals surface area contributed by atoms with Crippen LogP contribution in [0.3, 0.4) is 0 Å². The summed E-state index contributed by atoms with van der Waals surface area (Å²) < 4.78 is 6.84. The van der Waals surface area contributed by atoms with E-state index in [0.29, 0.717) is 36.5 Å². The molecule has 2 aromatic rings. The van der Waals surface area contributed by atoms with Gasteiger partial charge in [0.15, 0.2) is 11.5 Å². The number of likely N-dealkylation sites (N-methyl/N-ethyl adjacent to an activating group) is 1. The summed E-state index contributed by atoms with van der Waals surface area (Å²) in [6, 6.07) is 2.22. The lowest BCUT2D eigenvalue weighted by atomic mass is 10.1. The molecule has 0 bridgehead atoms. The van der Waals surface area contributed by atoms with Crippen molar-refractivity contribution in [2.75, 3.05) is 20.6 Å². The van der Waals surface area contributed by atoms with Crippen LogP contribution in [0.25, 0.3) is 0 Å². The van der Waals surface area contributed by atoms with Gasteiger partial charge in [0.25, 0.3) is 5.91 Å². The van der Waals surface area contributed by atoms with Gasteiger partial charge in [0.05, 0.1) is 11.4 Å². The van der Waals surface area contributed by atoms with Crippen molar-refractivity contribution in [1.29, 1.82) is 0 Å². The Morgan fingerprint density at radius 3 is 2.79 bits per heavy atom. The normalized spacial score (nSPS) is 15.7. The maximum absolute atomic E-state index is 12.4. The van der Waals surface area contributed by atoms with Crippen LogP contribution in [0.1, 0.15) is 40.5 Å². The van der Waals surface area contributed by atoms with E-state index in [4.69, 9.17) is 4.52 Å². The average Bonchev–Trinajstić information content (AvgIpc) is 3.18. The van der Waals surface area contributed by atoms with Crippen molar-refractivity contribution in [3.63, 3.8) is 0 Å². The summed E-state index contributed by atoms with van der Waals surface area (Å²) in [4.78, 5) is 14.6. The summed E-state index contributed by atoms with van der Waals surface area (Å²) in [6.07, 6.45) is 2.48. The zero-order valence-electron chi connectivity index (χ0n) is 14.6. The molecule has 0 aliphatic heterocycles. The average molecular weight is 332 g/mol. The number of hydrogen-bond acceptors (Lipinski definition) is 6. The number of nitrogens with one attached hydrogen (secondary N) is 1. The zero-order chi connectivity index (χ0) is 17.3. The predicted octanol–water partition coefficient (Wildman–Crippen LogP) is 1.00. The van der Waals surface area contributed by atoms with Gasteiger partial charge in [0.2, 0.25) is 0 Å². The lowest BCUT2D eigenvalue weighted by Crippen LogP contribution is -2.41. The minimum Gasteiger partial charge on any atom is -0.359 e. The topological polar surface area (TPSA) is 89.1 Å². The van der Waals surface area contributed by atoms with Gasteiger partial charge in [-0.25, -0.2) is 4.68 Å². The number of aromatic nitrogens is 4. The molecular formula is C16H24N6O2. The van der Waals surface area contributed by atoms with Crippen LogP contribution in [-0.4, -0.2) is 57.6 Å². The van der Waals surface area contributed by atoms with E-state index in [1.165, 1.54) is 12.8 Å². The molecule has 1 unspecified atom stereocenters. The second kappa shape index (κ2) is 6.72. The van der Waals surface area contributed by atoms with Crippen LogP contribution in [0.4, 0.5) is 0 Å². The summed E-state index contributed by atoms with van der Waals surface area (Å²) >= 11 is 0. The summed E-state index contributed by atoms with van der Waals surface area (Å²) in [6.45, 7) is 4.74. The molecule has 1 fully saturated rings. The van der Waals surface area contributed by atoms with Crippen molar-refractivity contribution in [2.24, 2.45) is 5.92 Å². The summed E-state index contributed by atoms with van der Waals surface area (Å²) in [5.74, 6) is 1.20. The second-order valence-electron chi connectivity index (χ2n) is 6.69.